The Morgan fingerprint density at radius 2 is 0.928 bits per heavy atom. The van der Waals surface area contributed by atoms with E-state index in [1.165, 1.54) is 0 Å². The van der Waals surface area contributed by atoms with Gasteiger partial charge in [-0.05, 0) is 126 Å². The summed E-state index contributed by atoms with van der Waals surface area (Å²) in [6.07, 6.45) is 4.43. The summed E-state index contributed by atoms with van der Waals surface area (Å²) in [6, 6.07) is 34.8. The quantitative estimate of drug-likeness (QED) is 0.0830. The summed E-state index contributed by atoms with van der Waals surface area (Å²) in [6.45, 7) is 19.0. The Morgan fingerprint density at radius 1 is 0.441 bits per heavy atom. The number of carbonyl (C=O) groups is 3. The van der Waals surface area contributed by atoms with Crippen molar-refractivity contribution < 1.29 is 52.3 Å². The van der Waals surface area contributed by atoms with Crippen LogP contribution in [-0.2, 0) is 37.9 Å². The number of morpholine rings is 5. The smallest absolute Gasteiger partial charge is 0.251 e. The number of ether oxygens (including phenoxy) is 8. The molecule has 8 aliphatic heterocycles. The Hall–Kier alpha value is -9.98. The topological polar surface area (TPSA) is 297 Å². The Kier molecular flexibility index (Phi) is 19.8. The molecule has 29 nitrogen and oxygen atoms in total. The third kappa shape index (κ3) is 14.5. The van der Waals surface area contributed by atoms with Gasteiger partial charge in [0, 0.05) is 99.1 Å². The molecule has 8 saturated heterocycles. The predicted molar refractivity (Wildman–Crippen MR) is 419 cm³/mol. The van der Waals surface area contributed by atoms with E-state index in [0.29, 0.717) is 187 Å². The van der Waals surface area contributed by atoms with E-state index >= 15 is 0 Å². The van der Waals surface area contributed by atoms with Gasteiger partial charge >= 0.3 is 0 Å². The molecule has 3 N–H and O–H groups in total. The Bertz CT molecular complexity index is 5040. The van der Waals surface area contributed by atoms with Gasteiger partial charge < -0.3 is 83.2 Å². The van der Waals surface area contributed by atoms with E-state index < -0.39 is 17.5 Å². The average Bonchev–Trinajstić information content (AvgIpc) is 1.05. The van der Waals surface area contributed by atoms with Crippen LogP contribution in [0.5, 0.6) is 0 Å². The van der Waals surface area contributed by atoms with Crippen LogP contribution in [0.1, 0.15) is 97.3 Å². The van der Waals surface area contributed by atoms with Crippen molar-refractivity contribution in [1.29, 1.82) is 0 Å². The first-order valence-corrected chi connectivity index (χ1v) is 39.3. The van der Waals surface area contributed by atoms with E-state index in [2.05, 4.69) is 79.1 Å². The molecule has 9 fully saturated rings. The number of hydrogen-bond donors (Lipinski definition) is 3. The van der Waals surface area contributed by atoms with Crippen LogP contribution in [0.4, 0.5) is 35.3 Å². The Balaban J connectivity index is 0.532. The van der Waals surface area contributed by atoms with Crippen LogP contribution in [0.15, 0.2) is 109 Å². The largest absolute Gasteiger partial charge is 0.377 e. The fourth-order valence-electron chi connectivity index (χ4n) is 17.1. The second kappa shape index (κ2) is 30.3. The lowest BCUT2D eigenvalue weighted by atomic mass is 9.78. The monoisotopic (exact) mass is 1510 g/mol. The van der Waals surface area contributed by atoms with Crippen molar-refractivity contribution in [1.82, 2.24) is 60.8 Å². The molecule has 3 unspecified atom stereocenters. The first-order valence-electron chi connectivity index (χ1n) is 39.3. The van der Waals surface area contributed by atoms with Crippen molar-refractivity contribution in [2.75, 3.05) is 168 Å². The van der Waals surface area contributed by atoms with Crippen molar-refractivity contribution in [3.8, 4) is 33.8 Å². The lowest BCUT2D eigenvalue weighted by Gasteiger charge is -2.50. The normalized spacial score (nSPS) is 25.5. The minimum Gasteiger partial charge on any atom is -0.377 e. The summed E-state index contributed by atoms with van der Waals surface area (Å²) in [5, 5.41) is 11.5. The number of rotatable bonds is 16. The first kappa shape index (κ1) is 72.6. The second-order valence-electron chi connectivity index (χ2n) is 31.2. The van der Waals surface area contributed by atoms with Crippen molar-refractivity contribution in [2.24, 2.45) is 0 Å². The molecule has 1 aliphatic carbocycles. The van der Waals surface area contributed by atoms with Crippen LogP contribution < -0.4 is 45.3 Å². The van der Waals surface area contributed by atoms with Gasteiger partial charge in [-0.2, -0.15) is 29.9 Å². The number of benzene rings is 3. The molecule has 3 spiro atoms. The lowest BCUT2D eigenvalue weighted by molar-refractivity contribution is -0.171. The highest BCUT2D eigenvalue weighted by atomic mass is 16.7. The number of fused-ring (bicyclic) bond motifs is 3. The highest BCUT2D eigenvalue weighted by Crippen LogP contribution is 2.43. The maximum atomic E-state index is 14.2. The van der Waals surface area contributed by atoms with Gasteiger partial charge in [0.05, 0.1) is 155 Å². The maximum absolute atomic E-state index is 14.2. The van der Waals surface area contributed by atoms with Crippen LogP contribution in [0.2, 0.25) is 0 Å². The fraction of sp³-hybridized carbons (Fsp3) is 0.488. The number of anilines is 6. The fourth-order valence-corrected chi connectivity index (χ4v) is 17.1. The molecule has 6 aromatic heterocycles. The number of hydrogen-bond acceptors (Lipinski definition) is 26. The van der Waals surface area contributed by atoms with E-state index in [4.69, 9.17) is 82.8 Å². The third-order valence-corrected chi connectivity index (χ3v) is 23.4. The lowest BCUT2D eigenvalue weighted by Crippen LogP contribution is -2.59. The van der Waals surface area contributed by atoms with Gasteiger partial charge in [0.25, 0.3) is 17.7 Å². The summed E-state index contributed by atoms with van der Waals surface area (Å²) >= 11 is 0. The van der Waals surface area contributed by atoms with E-state index in [-0.39, 0.29) is 73.3 Å². The number of amides is 3. The Morgan fingerprint density at radius 3 is 1.43 bits per heavy atom. The summed E-state index contributed by atoms with van der Waals surface area (Å²) < 4.78 is 50.5. The van der Waals surface area contributed by atoms with E-state index in [1.54, 1.807) is 19.2 Å². The number of aromatic nitrogens is 9. The van der Waals surface area contributed by atoms with Crippen molar-refractivity contribution in [3.05, 3.63) is 126 Å². The van der Waals surface area contributed by atoms with Crippen LogP contribution in [0.3, 0.4) is 0 Å². The zero-order chi connectivity index (χ0) is 75.5. The number of piperidine rings is 1. The van der Waals surface area contributed by atoms with Gasteiger partial charge in [-0.1, -0.05) is 36.4 Å². The molecule has 3 amide bonds. The molecule has 8 atom stereocenters. The van der Waals surface area contributed by atoms with E-state index in [0.717, 1.165) is 82.5 Å². The zero-order valence-electron chi connectivity index (χ0n) is 63.4. The molecular formula is C82H94N18O11. The van der Waals surface area contributed by atoms with E-state index in [9.17, 15) is 14.4 Å². The van der Waals surface area contributed by atoms with E-state index in [1.807, 2.05) is 91.0 Å². The van der Waals surface area contributed by atoms with Crippen LogP contribution in [0, 0.1) is 0 Å². The highest BCUT2D eigenvalue weighted by molar-refractivity contribution is 5.98. The molecule has 18 rings (SSSR count). The number of nitrogens with zero attached hydrogens (tertiary/aromatic N) is 15. The van der Waals surface area contributed by atoms with Gasteiger partial charge in [0.2, 0.25) is 17.8 Å². The standard InChI is InChI=1S/C82H94N18O11/c1-50-41-104-31-28-97(50)71-62-18-21-66(55-12-7-15-58(36-55)75(102)84-39-60-38-81(49-107-60)46-96(27-34-108-81)78-90-69-63(72(93-78)98-29-32-105-42-51(98)2)17-20-65(86-69)54-11-6-14-57(35-54)74(101)83-5)87-68(62)89-77(92-71)95-26-10-25-82(48-95)110-45-61(111-82)40-85-76(103)59-16-8-13-56(37-59)67-22-19-64-70(88-67)91-79(94-73(64)99-30-33-106-43-52(99)3)100-47-80(23-9-24-80)109-44-53(100)4/h6-8,11-22,35-37,50-53,60-61H,9-10,23-34,38-49H2,1-5H3,(H,83,101)(H,84,102)(H,85,103)/t50-,51-,52-,53-,60?,61?,81+,82?/m0/s1. The number of nitrogens with one attached hydrogen (secondary N) is 3. The summed E-state index contributed by atoms with van der Waals surface area (Å²) in [5.74, 6) is 2.46. The highest BCUT2D eigenvalue weighted by Gasteiger charge is 2.49. The minimum absolute atomic E-state index is 0.0320. The molecule has 9 aliphatic rings. The van der Waals surface area contributed by atoms with Crippen LogP contribution in [-0.4, -0.2) is 255 Å². The molecule has 29 heteroatoms. The molecule has 0 bridgehead atoms. The number of pyridine rings is 3. The van der Waals surface area contributed by atoms with Gasteiger partial charge in [0.1, 0.15) is 29.2 Å². The van der Waals surface area contributed by atoms with Crippen molar-refractivity contribution in [2.45, 2.75) is 120 Å². The summed E-state index contributed by atoms with van der Waals surface area (Å²) in [7, 11) is 1.62. The zero-order valence-corrected chi connectivity index (χ0v) is 63.4. The molecule has 1 saturated carbocycles. The average molecular weight is 1510 g/mol. The molecule has 9 aromatic rings. The summed E-state index contributed by atoms with van der Waals surface area (Å²) in [5.41, 5.74) is 6.69. The first-order chi connectivity index (χ1) is 54.1. The van der Waals surface area contributed by atoms with Crippen molar-refractivity contribution >= 4 is 86.1 Å². The minimum atomic E-state index is -0.966. The SMILES string of the molecule is CNC(=O)c1cccc(-c2ccc3c(N4CCOC[C@@H]4C)nc(N4CCO[C@@]5(COC(CNC(=O)c6cccc(-c7ccc8c(N9CCOC[C@@H]9C)nc(N9CCCC%10(C9)OCC(CNC(=O)c9cccc(-c%11ccc%12c(N%13CCOC[C@@H]%13C)nc(N%13CC%14(CCC%14)OC[C@@H]%13C)nc%12n%11)c9)O%10)nc8n7)c6)C5)C4)nc3n2)c1. The van der Waals surface area contributed by atoms with Crippen molar-refractivity contribution in [3.63, 3.8) is 0 Å². The van der Waals surface area contributed by atoms with Gasteiger partial charge in [-0.15, -0.1) is 0 Å². The van der Waals surface area contributed by atoms with Crippen LogP contribution >= 0.6 is 0 Å². The molecular weight excluding hydrogens is 1410 g/mol. The molecule has 111 heavy (non-hydrogen) atoms. The number of carbonyl (C=O) groups excluding carboxylic acids is 3. The van der Waals surface area contributed by atoms with Gasteiger partial charge in [0.15, 0.2) is 22.7 Å². The predicted octanol–water partition coefficient (Wildman–Crippen LogP) is 7.82. The second-order valence-corrected chi connectivity index (χ2v) is 31.2. The molecule has 578 valence electrons. The molecule has 14 heterocycles. The maximum Gasteiger partial charge on any atom is 0.251 e. The van der Waals surface area contributed by atoms with Gasteiger partial charge in [-0.3, -0.25) is 14.4 Å². The Labute approximate surface area is 643 Å². The third-order valence-electron chi connectivity index (χ3n) is 23.4. The van der Waals surface area contributed by atoms with Crippen LogP contribution in [0.25, 0.3) is 66.9 Å². The summed E-state index contributed by atoms with van der Waals surface area (Å²) in [4.78, 5) is 101. The van der Waals surface area contributed by atoms with Gasteiger partial charge in [-0.25, -0.2) is 15.0 Å². The molecule has 0 radical (unpaired) electrons. The molecule has 3 aromatic carbocycles.